The van der Waals surface area contributed by atoms with Crippen molar-refractivity contribution < 1.29 is 19.1 Å². The van der Waals surface area contributed by atoms with Gasteiger partial charge in [0.2, 0.25) is 0 Å². The van der Waals surface area contributed by atoms with E-state index in [2.05, 4.69) is 5.10 Å². The quantitative estimate of drug-likeness (QED) is 0.208. The van der Waals surface area contributed by atoms with Gasteiger partial charge in [-0.25, -0.2) is 4.79 Å². The number of hydrazone groups is 1. The summed E-state index contributed by atoms with van der Waals surface area (Å²) in [7, 11) is 0. The number of hydrogen-bond donors (Lipinski definition) is 0. The van der Waals surface area contributed by atoms with Crippen LogP contribution in [0.5, 0.6) is 5.75 Å². The molecule has 5 rings (SSSR count). The molecule has 0 saturated carbocycles. The molecule has 32 heavy (non-hydrogen) atoms. The highest BCUT2D eigenvalue weighted by atomic mass is 16.5. The Hall–Kier alpha value is -4.58. The lowest BCUT2D eigenvalue weighted by atomic mass is 10.0. The van der Waals surface area contributed by atoms with Crippen molar-refractivity contribution in [3.63, 3.8) is 0 Å². The number of carbonyl (C=O) groups excluding carboxylic acids is 3. The highest BCUT2D eigenvalue weighted by molar-refractivity contribution is 6.21. The number of imide groups is 1. The van der Waals surface area contributed by atoms with Crippen molar-refractivity contribution >= 4 is 34.8 Å². The van der Waals surface area contributed by atoms with Crippen LogP contribution in [0.15, 0.2) is 96.1 Å². The van der Waals surface area contributed by atoms with Crippen LogP contribution in [0.1, 0.15) is 36.6 Å². The Morgan fingerprint density at radius 2 is 1.38 bits per heavy atom. The average Bonchev–Trinajstić information content (AvgIpc) is 3.08. The van der Waals surface area contributed by atoms with Crippen LogP contribution in [0, 0.1) is 0 Å². The van der Waals surface area contributed by atoms with Gasteiger partial charge in [-0.15, -0.1) is 0 Å². The molecule has 0 aliphatic carbocycles. The number of benzene rings is 4. The molecule has 0 unspecified atom stereocenters. The van der Waals surface area contributed by atoms with Crippen LogP contribution >= 0.6 is 0 Å². The molecule has 0 atom stereocenters. The molecule has 0 saturated heterocycles. The van der Waals surface area contributed by atoms with Gasteiger partial charge in [0.1, 0.15) is 5.75 Å². The van der Waals surface area contributed by atoms with E-state index in [0.29, 0.717) is 28.0 Å². The van der Waals surface area contributed by atoms with E-state index >= 15 is 0 Å². The van der Waals surface area contributed by atoms with E-state index in [1.54, 1.807) is 54.6 Å². The van der Waals surface area contributed by atoms with Crippen molar-refractivity contribution in [1.82, 2.24) is 5.01 Å². The summed E-state index contributed by atoms with van der Waals surface area (Å²) in [5.41, 5.74) is 1.81. The monoisotopic (exact) mass is 420 g/mol. The molecule has 1 aliphatic heterocycles. The average molecular weight is 420 g/mol. The number of fused-ring (bicyclic) bond motifs is 2. The minimum Gasteiger partial charge on any atom is -0.423 e. The highest BCUT2D eigenvalue weighted by Gasteiger charge is 2.35. The van der Waals surface area contributed by atoms with Gasteiger partial charge in [-0.1, -0.05) is 48.5 Å². The highest BCUT2D eigenvalue weighted by Crippen LogP contribution is 2.23. The molecule has 4 aromatic carbocycles. The lowest BCUT2D eigenvalue weighted by Crippen LogP contribution is -2.23. The smallest absolute Gasteiger partial charge is 0.344 e. The number of ether oxygens (including phenoxy) is 1. The van der Waals surface area contributed by atoms with Crippen LogP contribution in [-0.2, 0) is 0 Å². The second kappa shape index (κ2) is 7.92. The summed E-state index contributed by atoms with van der Waals surface area (Å²) in [4.78, 5) is 37.4. The molecule has 6 nitrogen and oxygen atoms in total. The number of nitrogens with zero attached hydrogens (tertiary/aromatic N) is 2. The maximum atomic E-state index is 12.7. The van der Waals surface area contributed by atoms with E-state index in [4.69, 9.17) is 4.74 Å². The molecule has 0 spiro atoms. The summed E-state index contributed by atoms with van der Waals surface area (Å²) in [5, 5.41) is 6.67. The Bertz CT molecular complexity index is 1370. The first-order valence-corrected chi connectivity index (χ1v) is 9.93. The number of rotatable bonds is 4. The molecule has 1 heterocycles. The molecule has 0 fully saturated rings. The summed E-state index contributed by atoms with van der Waals surface area (Å²) < 4.78 is 5.52. The van der Waals surface area contributed by atoms with E-state index in [1.807, 2.05) is 36.4 Å². The largest absolute Gasteiger partial charge is 0.423 e. The van der Waals surface area contributed by atoms with Crippen LogP contribution in [0.4, 0.5) is 0 Å². The summed E-state index contributed by atoms with van der Waals surface area (Å²) in [6.07, 6.45) is 1.41. The topological polar surface area (TPSA) is 76.0 Å². The van der Waals surface area contributed by atoms with Crippen molar-refractivity contribution in [2.45, 2.75) is 0 Å². The van der Waals surface area contributed by atoms with Gasteiger partial charge in [0, 0.05) is 0 Å². The Kier molecular flexibility index (Phi) is 4.80. The zero-order chi connectivity index (χ0) is 22.1. The summed E-state index contributed by atoms with van der Waals surface area (Å²) in [5.74, 6) is -0.986. The lowest BCUT2D eigenvalue weighted by molar-refractivity contribution is 0.0658. The van der Waals surface area contributed by atoms with Crippen molar-refractivity contribution in [3.8, 4) is 5.75 Å². The van der Waals surface area contributed by atoms with E-state index in [-0.39, 0.29) is 0 Å². The maximum absolute atomic E-state index is 12.7. The maximum Gasteiger partial charge on any atom is 0.344 e. The van der Waals surface area contributed by atoms with E-state index in [9.17, 15) is 14.4 Å². The van der Waals surface area contributed by atoms with Gasteiger partial charge in [0.15, 0.2) is 0 Å². The predicted octanol–water partition coefficient (Wildman–Crippen LogP) is 4.69. The Balaban J connectivity index is 1.30. The molecule has 0 N–H and O–H groups in total. The fraction of sp³-hybridized carbons (Fsp3) is 0. The van der Waals surface area contributed by atoms with Gasteiger partial charge in [-0.3, -0.25) is 9.59 Å². The normalized spacial score (nSPS) is 13.1. The van der Waals surface area contributed by atoms with Gasteiger partial charge < -0.3 is 4.74 Å². The second-order valence-corrected chi connectivity index (χ2v) is 7.20. The number of amides is 2. The van der Waals surface area contributed by atoms with Crippen LogP contribution in [0.2, 0.25) is 0 Å². The number of esters is 1. The zero-order valence-electron chi connectivity index (χ0n) is 16.8. The van der Waals surface area contributed by atoms with E-state index in [0.717, 1.165) is 15.8 Å². The fourth-order valence-electron chi connectivity index (χ4n) is 3.59. The minimum atomic E-state index is -0.456. The lowest BCUT2D eigenvalue weighted by Gasteiger charge is -2.08. The standard InChI is InChI=1S/C26H16N2O4/c29-24-21-9-3-4-10-22(21)25(30)28(24)27-16-17-12-14-19(15-13-17)32-26(31)23-11-5-7-18-6-1-2-8-20(18)23/h1-16H. The third kappa shape index (κ3) is 3.44. The van der Waals surface area contributed by atoms with Gasteiger partial charge in [0.05, 0.1) is 22.9 Å². The molecule has 1 aliphatic rings. The molecule has 154 valence electrons. The Morgan fingerprint density at radius 3 is 2.09 bits per heavy atom. The van der Waals surface area contributed by atoms with Crippen molar-refractivity contribution in [2.24, 2.45) is 5.10 Å². The SMILES string of the molecule is O=C(Oc1ccc(C=NN2C(=O)c3ccccc3C2=O)cc1)c1cccc2ccccc12. The number of carbonyl (C=O) groups is 3. The predicted molar refractivity (Wildman–Crippen MR) is 120 cm³/mol. The molecule has 4 aromatic rings. The molecule has 2 amide bonds. The minimum absolute atomic E-state index is 0.338. The summed E-state index contributed by atoms with van der Waals surface area (Å²) in [6, 6.07) is 26.3. The first-order chi connectivity index (χ1) is 15.6. The molecule has 0 radical (unpaired) electrons. The van der Waals surface area contributed by atoms with Gasteiger partial charge in [-0.05, 0) is 58.8 Å². The summed E-state index contributed by atoms with van der Waals surface area (Å²) >= 11 is 0. The molecule has 6 heteroatoms. The number of hydrogen-bond acceptors (Lipinski definition) is 5. The van der Waals surface area contributed by atoms with Crippen molar-refractivity contribution in [2.75, 3.05) is 0 Å². The van der Waals surface area contributed by atoms with Crippen LogP contribution in [-0.4, -0.2) is 29.0 Å². The van der Waals surface area contributed by atoms with E-state index in [1.165, 1.54) is 6.21 Å². The Labute approximate surface area is 183 Å². The van der Waals surface area contributed by atoms with Gasteiger partial charge in [0.25, 0.3) is 11.8 Å². The first-order valence-electron chi connectivity index (χ1n) is 9.93. The van der Waals surface area contributed by atoms with Crippen molar-refractivity contribution in [1.29, 1.82) is 0 Å². The first kappa shape index (κ1) is 19.4. The zero-order valence-corrected chi connectivity index (χ0v) is 16.8. The fourth-order valence-corrected chi connectivity index (χ4v) is 3.59. The van der Waals surface area contributed by atoms with Crippen molar-refractivity contribution in [3.05, 3.63) is 113 Å². The molecular formula is C26H16N2O4. The third-order valence-electron chi connectivity index (χ3n) is 5.20. The van der Waals surface area contributed by atoms with Gasteiger partial charge >= 0.3 is 5.97 Å². The molecular weight excluding hydrogens is 404 g/mol. The molecule has 0 bridgehead atoms. The van der Waals surface area contributed by atoms with Crippen LogP contribution in [0.25, 0.3) is 10.8 Å². The van der Waals surface area contributed by atoms with Crippen LogP contribution < -0.4 is 4.74 Å². The Morgan fingerprint density at radius 1 is 0.750 bits per heavy atom. The third-order valence-corrected chi connectivity index (χ3v) is 5.20. The molecule has 0 aromatic heterocycles. The summed E-state index contributed by atoms with van der Waals surface area (Å²) in [6.45, 7) is 0. The van der Waals surface area contributed by atoms with Crippen LogP contribution in [0.3, 0.4) is 0 Å². The van der Waals surface area contributed by atoms with E-state index < -0.39 is 17.8 Å². The van der Waals surface area contributed by atoms with Gasteiger partial charge in [-0.2, -0.15) is 10.1 Å². The second-order valence-electron chi connectivity index (χ2n) is 7.20.